The van der Waals surface area contributed by atoms with Crippen LogP contribution in [0, 0.1) is 0 Å². The van der Waals surface area contributed by atoms with Gasteiger partial charge in [0.2, 0.25) is 5.91 Å². The molecular weight excluding hydrogens is 402 g/mol. The Bertz CT molecular complexity index is 1100. The Morgan fingerprint density at radius 1 is 1.10 bits per heavy atom. The van der Waals surface area contributed by atoms with Gasteiger partial charge < -0.3 is 10.1 Å². The van der Waals surface area contributed by atoms with Crippen molar-refractivity contribution in [3.05, 3.63) is 77.9 Å². The minimum absolute atomic E-state index is 0.0741. The predicted molar refractivity (Wildman–Crippen MR) is 119 cm³/mol. The molecule has 5 nitrogen and oxygen atoms in total. The largest absolute Gasteiger partial charge is 0.489 e. The number of amides is 1. The van der Waals surface area contributed by atoms with Crippen LogP contribution >= 0.6 is 23.1 Å². The highest BCUT2D eigenvalue weighted by Crippen LogP contribution is 2.30. The van der Waals surface area contributed by atoms with Crippen LogP contribution in [0.3, 0.4) is 0 Å². The normalized spacial score (nSPS) is 11.9. The number of fused-ring (bicyclic) bond motifs is 1. The Kier molecular flexibility index (Phi) is 6.07. The Labute approximate surface area is 177 Å². The predicted octanol–water partition coefficient (Wildman–Crippen LogP) is 5.39. The van der Waals surface area contributed by atoms with Gasteiger partial charge in [-0.3, -0.25) is 4.79 Å². The number of thioether (sulfide) groups is 1. The molecule has 0 saturated carbocycles. The number of hydrogen-bond donors (Lipinski definition) is 1. The average Bonchev–Trinajstić information content (AvgIpc) is 3.24. The van der Waals surface area contributed by atoms with Crippen LogP contribution in [0.25, 0.3) is 10.2 Å². The molecule has 7 heteroatoms. The van der Waals surface area contributed by atoms with Crippen LogP contribution in [0.15, 0.2) is 77.4 Å². The molecule has 0 bridgehead atoms. The third-order valence-electron chi connectivity index (χ3n) is 4.25. The highest BCUT2D eigenvalue weighted by atomic mass is 32.2. The lowest BCUT2D eigenvalue weighted by atomic mass is 10.2. The van der Waals surface area contributed by atoms with Gasteiger partial charge in [-0.05, 0) is 48.2 Å². The fourth-order valence-electron chi connectivity index (χ4n) is 2.70. The summed E-state index contributed by atoms with van der Waals surface area (Å²) >= 11 is 3.00. The number of nitrogens with one attached hydrogen (secondary N) is 1. The molecule has 0 unspecified atom stereocenters. The van der Waals surface area contributed by atoms with E-state index in [2.05, 4.69) is 15.3 Å². The third-order valence-corrected chi connectivity index (χ3v) is 6.19. The molecule has 0 fully saturated rings. The van der Waals surface area contributed by atoms with Crippen molar-refractivity contribution < 1.29 is 9.53 Å². The van der Waals surface area contributed by atoms with Crippen LogP contribution in [-0.2, 0) is 11.4 Å². The molecule has 146 valence electrons. The van der Waals surface area contributed by atoms with Crippen molar-refractivity contribution >= 4 is 44.9 Å². The number of nitrogens with zero attached hydrogens (tertiary/aromatic N) is 2. The molecule has 2 aromatic heterocycles. The number of anilines is 1. The summed E-state index contributed by atoms with van der Waals surface area (Å²) in [7, 11) is 0. The highest BCUT2D eigenvalue weighted by molar-refractivity contribution is 8.00. The van der Waals surface area contributed by atoms with E-state index < -0.39 is 0 Å². The van der Waals surface area contributed by atoms with Crippen molar-refractivity contribution in [3.63, 3.8) is 0 Å². The van der Waals surface area contributed by atoms with Crippen molar-refractivity contribution in [3.8, 4) is 5.75 Å². The second-order valence-corrected chi connectivity index (χ2v) is 8.59. The second-order valence-electron chi connectivity index (χ2n) is 6.37. The fraction of sp³-hybridized carbons (Fsp3) is 0.136. The van der Waals surface area contributed by atoms with Crippen LogP contribution in [0.2, 0.25) is 0 Å². The smallest absolute Gasteiger partial charge is 0.237 e. The monoisotopic (exact) mass is 421 g/mol. The fourth-order valence-corrected chi connectivity index (χ4v) is 4.40. The molecule has 29 heavy (non-hydrogen) atoms. The minimum Gasteiger partial charge on any atom is -0.489 e. The Morgan fingerprint density at radius 2 is 1.90 bits per heavy atom. The summed E-state index contributed by atoms with van der Waals surface area (Å²) in [5.41, 5.74) is 1.85. The first-order chi connectivity index (χ1) is 14.2. The van der Waals surface area contributed by atoms with Crippen LogP contribution in [0.5, 0.6) is 5.75 Å². The zero-order chi connectivity index (χ0) is 20.1. The molecule has 2 aromatic carbocycles. The second kappa shape index (κ2) is 9.07. The maximum Gasteiger partial charge on any atom is 0.237 e. The number of carbonyl (C=O) groups excluding carboxylic acids is 1. The summed E-state index contributed by atoms with van der Waals surface area (Å²) in [6.07, 6.45) is 1.54. The summed E-state index contributed by atoms with van der Waals surface area (Å²) in [4.78, 5) is 22.1. The van der Waals surface area contributed by atoms with Gasteiger partial charge in [0.1, 0.15) is 28.5 Å². The Morgan fingerprint density at radius 3 is 2.69 bits per heavy atom. The lowest BCUT2D eigenvalue weighted by Crippen LogP contribution is -2.22. The van der Waals surface area contributed by atoms with Gasteiger partial charge in [0.05, 0.1) is 5.25 Å². The minimum atomic E-state index is -0.290. The molecule has 0 saturated heterocycles. The molecule has 0 radical (unpaired) electrons. The molecule has 2 heterocycles. The summed E-state index contributed by atoms with van der Waals surface area (Å²) in [6.45, 7) is 2.38. The van der Waals surface area contributed by atoms with Gasteiger partial charge in [0, 0.05) is 11.1 Å². The number of benzene rings is 2. The lowest BCUT2D eigenvalue weighted by molar-refractivity contribution is -0.115. The maximum atomic E-state index is 12.6. The molecule has 1 atom stereocenters. The van der Waals surface area contributed by atoms with E-state index in [0.29, 0.717) is 6.61 Å². The van der Waals surface area contributed by atoms with Crippen LogP contribution in [0.4, 0.5) is 5.69 Å². The molecule has 0 spiro atoms. The number of aromatic nitrogens is 2. The van der Waals surface area contributed by atoms with E-state index >= 15 is 0 Å². The third kappa shape index (κ3) is 4.93. The molecule has 0 aliphatic carbocycles. The molecular formula is C22H19N3O2S2. The lowest BCUT2D eigenvalue weighted by Gasteiger charge is -2.12. The van der Waals surface area contributed by atoms with Crippen molar-refractivity contribution in [1.29, 1.82) is 0 Å². The Balaban J connectivity index is 1.33. The summed E-state index contributed by atoms with van der Waals surface area (Å²) in [6, 6.07) is 19.4. The van der Waals surface area contributed by atoms with Gasteiger partial charge >= 0.3 is 0 Å². The molecule has 1 amide bonds. The van der Waals surface area contributed by atoms with Gasteiger partial charge in [0.15, 0.2) is 0 Å². The standard InChI is InChI=1S/C22H19N3O2S2/c1-15(29-22-19-11-12-28-21(19)23-14-24-22)20(26)25-17-7-9-18(10-8-17)27-13-16-5-3-2-4-6-16/h2-12,14-15H,13H2,1H3,(H,25,26)/t15-/m0/s1. The molecule has 4 rings (SSSR count). The van der Waals surface area contributed by atoms with Gasteiger partial charge in [-0.2, -0.15) is 0 Å². The van der Waals surface area contributed by atoms with Crippen molar-refractivity contribution in [2.75, 3.05) is 5.32 Å². The zero-order valence-corrected chi connectivity index (χ0v) is 17.4. The van der Waals surface area contributed by atoms with Gasteiger partial charge in [0.25, 0.3) is 0 Å². The number of hydrogen-bond acceptors (Lipinski definition) is 6. The number of ether oxygens (including phenoxy) is 1. The molecule has 1 N–H and O–H groups in total. The van der Waals surface area contributed by atoms with E-state index in [0.717, 1.165) is 32.2 Å². The summed E-state index contributed by atoms with van der Waals surface area (Å²) in [5, 5.41) is 6.45. The zero-order valence-electron chi connectivity index (χ0n) is 15.7. The van der Waals surface area contributed by atoms with E-state index in [4.69, 9.17) is 4.74 Å². The topological polar surface area (TPSA) is 64.1 Å². The van der Waals surface area contributed by atoms with Gasteiger partial charge in [-0.25, -0.2) is 9.97 Å². The first-order valence-corrected chi connectivity index (χ1v) is 10.9. The van der Waals surface area contributed by atoms with Crippen molar-refractivity contribution in [2.45, 2.75) is 23.8 Å². The quantitative estimate of drug-likeness (QED) is 0.320. The van der Waals surface area contributed by atoms with Crippen LogP contribution < -0.4 is 10.1 Å². The Hall–Kier alpha value is -2.90. The van der Waals surface area contributed by atoms with E-state index in [1.807, 2.05) is 73.0 Å². The average molecular weight is 422 g/mol. The van der Waals surface area contributed by atoms with E-state index in [1.165, 1.54) is 11.8 Å². The molecule has 0 aliphatic heterocycles. The maximum absolute atomic E-state index is 12.6. The van der Waals surface area contributed by atoms with Crippen LogP contribution in [0.1, 0.15) is 12.5 Å². The van der Waals surface area contributed by atoms with E-state index in [1.54, 1.807) is 17.7 Å². The molecule has 0 aliphatic rings. The van der Waals surface area contributed by atoms with Gasteiger partial charge in [-0.1, -0.05) is 42.1 Å². The number of rotatable bonds is 7. The SMILES string of the molecule is C[C@H](Sc1ncnc2sccc12)C(=O)Nc1ccc(OCc2ccccc2)cc1. The van der Waals surface area contributed by atoms with Crippen molar-refractivity contribution in [2.24, 2.45) is 0 Å². The summed E-state index contributed by atoms with van der Waals surface area (Å²) in [5.74, 6) is 0.685. The molecule has 4 aromatic rings. The van der Waals surface area contributed by atoms with Gasteiger partial charge in [-0.15, -0.1) is 11.3 Å². The number of carbonyl (C=O) groups is 1. The number of thiophene rings is 1. The van der Waals surface area contributed by atoms with Crippen molar-refractivity contribution in [1.82, 2.24) is 9.97 Å². The van der Waals surface area contributed by atoms with E-state index in [-0.39, 0.29) is 11.2 Å². The van der Waals surface area contributed by atoms with Crippen LogP contribution in [-0.4, -0.2) is 21.1 Å². The first kappa shape index (κ1) is 19.4. The van der Waals surface area contributed by atoms with E-state index in [9.17, 15) is 4.79 Å². The highest BCUT2D eigenvalue weighted by Gasteiger charge is 2.17. The first-order valence-electron chi connectivity index (χ1n) is 9.11. The summed E-state index contributed by atoms with van der Waals surface area (Å²) < 4.78 is 5.78.